The number of carbonyl (C=O) groups is 3. The van der Waals surface area contributed by atoms with Crippen molar-refractivity contribution in [2.75, 3.05) is 20.3 Å². The number of methoxy groups -OCH3 is 1. The monoisotopic (exact) mass is 517 g/mol. The minimum absolute atomic E-state index is 0.228. The van der Waals surface area contributed by atoms with Gasteiger partial charge in [0.05, 0.1) is 32.0 Å². The van der Waals surface area contributed by atoms with Gasteiger partial charge in [0.25, 0.3) is 11.8 Å². The highest BCUT2D eigenvalue weighted by Gasteiger charge is 2.13. The Morgan fingerprint density at radius 2 is 1.74 bits per heavy atom. The zero-order chi connectivity index (χ0) is 27.3. The molecule has 0 unspecified atom stereocenters. The molecule has 0 bridgehead atoms. The Morgan fingerprint density at radius 3 is 2.45 bits per heavy atom. The summed E-state index contributed by atoms with van der Waals surface area (Å²) in [5.74, 6) is -0.123. The maximum Gasteiger partial charge on any atom is 0.343 e. The quantitative estimate of drug-likeness (QED) is 0.122. The molecular formula is C29H31N3O6. The lowest BCUT2D eigenvalue weighted by molar-refractivity contribution is -0.120. The van der Waals surface area contributed by atoms with Gasteiger partial charge in [-0.3, -0.25) is 9.59 Å². The van der Waals surface area contributed by atoms with Crippen molar-refractivity contribution >= 4 is 24.0 Å². The molecule has 2 amide bonds. The van der Waals surface area contributed by atoms with E-state index in [1.165, 1.54) is 13.3 Å². The molecule has 9 nitrogen and oxygen atoms in total. The topological polar surface area (TPSA) is 115 Å². The third-order valence-corrected chi connectivity index (χ3v) is 5.34. The highest BCUT2D eigenvalue weighted by Crippen LogP contribution is 2.28. The van der Waals surface area contributed by atoms with E-state index in [0.29, 0.717) is 34.8 Å². The second kappa shape index (κ2) is 14.2. The zero-order valence-corrected chi connectivity index (χ0v) is 21.7. The van der Waals surface area contributed by atoms with Crippen molar-refractivity contribution in [3.63, 3.8) is 0 Å². The number of benzene rings is 3. The summed E-state index contributed by atoms with van der Waals surface area (Å²) in [5, 5.41) is 6.45. The van der Waals surface area contributed by atoms with E-state index in [1.807, 2.05) is 13.0 Å². The van der Waals surface area contributed by atoms with E-state index >= 15 is 0 Å². The molecule has 0 aliphatic heterocycles. The summed E-state index contributed by atoms with van der Waals surface area (Å²) in [7, 11) is 1.45. The van der Waals surface area contributed by atoms with Crippen molar-refractivity contribution in [1.82, 2.24) is 10.7 Å². The lowest BCUT2D eigenvalue weighted by Crippen LogP contribution is -2.34. The minimum Gasteiger partial charge on any atom is -0.494 e. The molecule has 9 heteroatoms. The minimum atomic E-state index is -0.537. The molecule has 198 valence electrons. The van der Waals surface area contributed by atoms with Gasteiger partial charge in [-0.2, -0.15) is 5.10 Å². The molecule has 3 rings (SSSR count). The lowest BCUT2D eigenvalue weighted by Gasteiger charge is -2.10. The Hall–Kier alpha value is -4.66. The molecule has 0 aromatic heterocycles. The van der Waals surface area contributed by atoms with Gasteiger partial charge in [-0.05, 0) is 73.5 Å². The number of carbonyl (C=O) groups excluding carboxylic acids is 3. The molecule has 0 aliphatic carbocycles. The van der Waals surface area contributed by atoms with Crippen LogP contribution in [0.15, 0.2) is 71.8 Å². The number of esters is 1. The highest BCUT2D eigenvalue weighted by atomic mass is 16.6. The normalized spacial score (nSPS) is 10.6. The first-order chi connectivity index (χ1) is 18.4. The van der Waals surface area contributed by atoms with E-state index < -0.39 is 11.9 Å². The molecule has 0 saturated heterocycles. The summed E-state index contributed by atoms with van der Waals surface area (Å²) in [4.78, 5) is 36.8. The van der Waals surface area contributed by atoms with Crippen molar-refractivity contribution in [3.05, 3.63) is 89.0 Å². The number of hydrazone groups is 1. The molecule has 0 saturated carbocycles. The Kier molecular flexibility index (Phi) is 10.4. The molecule has 0 atom stereocenters. The predicted octanol–water partition coefficient (Wildman–Crippen LogP) is 4.28. The van der Waals surface area contributed by atoms with Gasteiger partial charge in [-0.1, -0.05) is 31.0 Å². The van der Waals surface area contributed by atoms with Crippen molar-refractivity contribution in [3.8, 4) is 17.2 Å². The molecule has 0 fully saturated rings. The number of unbranched alkanes of at least 4 members (excludes halogenated alkanes) is 1. The molecule has 3 aromatic rings. The molecule has 38 heavy (non-hydrogen) atoms. The predicted molar refractivity (Wildman–Crippen MR) is 144 cm³/mol. The number of rotatable bonds is 12. The fraction of sp³-hybridized carbons (Fsp3) is 0.241. The summed E-state index contributed by atoms with van der Waals surface area (Å²) in [6, 6.07) is 18.7. The van der Waals surface area contributed by atoms with E-state index in [0.717, 1.165) is 18.4 Å². The Labute approximate surface area is 221 Å². The second-order valence-corrected chi connectivity index (χ2v) is 8.37. The molecular weight excluding hydrogens is 486 g/mol. The van der Waals surface area contributed by atoms with Gasteiger partial charge in [0.15, 0.2) is 11.5 Å². The maximum absolute atomic E-state index is 12.6. The van der Waals surface area contributed by atoms with Gasteiger partial charge in [-0.25, -0.2) is 10.2 Å². The van der Waals surface area contributed by atoms with E-state index in [1.54, 1.807) is 60.7 Å². The van der Waals surface area contributed by atoms with Crippen LogP contribution in [0.4, 0.5) is 0 Å². The molecule has 3 aromatic carbocycles. The van der Waals surface area contributed by atoms with Gasteiger partial charge < -0.3 is 19.5 Å². The number of hydrogen-bond donors (Lipinski definition) is 2. The largest absolute Gasteiger partial charge is 0.494 e. The number of amides is 2. The number of ether oxygens (including phenoxy) is 3. The van der Waals surface area contributed by atoms with E-state index in [9.17, 15) is 14.4 Å². The van der Waals surface area contributed by atoms with Crippen LogP contribution >= 0.6 is 0 Å². The van der Waals surface area contributed by atoms with E-state index in [4.69, 9.17) is 14.2 Å². The van der Waals surface area contributed by atoms with Gasteiger partial charge in [0.2, 0.25) is 0 Å². The van der Waals surface area contributed by atoms with Crippen LogP contribution in [0, 0.1) is 6.92 Å². The van der Waals surface area contributed by atoms with Crippen LogP contribution in [0.3, 0.4) is 0 Å². The zero-order valence-electron chi connectivity index (χ0n) is 21.7. The van der Waals surface area contributed by atoms with Crippen molar-refractivity contribution < 1.29 is 28.6 Å². The summed E-state index contributed by atoms with van der Waals surface area (Å²) in [6.45, 7) is 4.37. The van der Waals surface area contributed by atoms with Crippen LogP contribution in [-0.4, -0.2) is 44.3 Å². The Bertz CT molecular complexity index is 1290. The fourth-order valence-electron chi connectivity index (χ4n) is 3.30. The van der Waals surface area contributed by atoms with Crippen LogP contribution in [0.25, 0.3) is 0 Å². The first kappa shape index (κ1) is 27.9. The van der Waals surface area contributed by atoms with Gasteiger partial charge in [0.1, 0.15) is 5.75 Å². The van der Waals surface area contributed by atoms with Gasteiger partial charge in [-0.15, -0.1) is 0 Å². The third kappa shape index (κ3) is 8.48. The van der Waals surface area contributed by atoms with Crippen LogP contribution in [-0.2, 0) is 4.79 Å². The van der Waals surface area contributed by atoms with Crippen LogP contribution in [0.5, 0.6) is 17.2 Å². The fourth-order valence-corrected chi connectivity index (χ4v) is 3.30. The van der Waals surface area contributed by atoms with Gasteiger partial charge >= 0.3 is 5.97 Å². The van der Waals surface area contributed by atoms with Crippen LogP contribution in [0.1, 0.15) is 51.6 Å². The molecule has 0 radical (unpaired) electrons. The van der Waals surface area contributed by atoms with E-state index in [2.05, 4.69) is 22.8 Å². The number of hydrogen-bond acceptors (Lipinski definition) is 7. The summed E-state index contributed by atoms with van der Waals surface area (Å²) >= 11 is 0. The standard InChI is InChI=1S/C29H31N3O6/c1-4-5-15-37-24-12-10-22(11-13-24)29(35)38-25-14-9-21(17-26(25)36-3)18-31-32-27(33)19-30-28(34)23-8-6-7-20(2)16-23/h6-14,16-18H,4-5,15,19H2,1-3H3,(H,30,34)(H,32,33)/b31-18+. The van der Waals surface area contributed by atoms with Crippen molar-refractivity contribution in [2.45, 2.75) is 26.7 Å². The molecule has 0 spiro atoms. The summed E-state index contributed by atoms with van der Waals surface area (Å²) in [5.41, 5.74) is 4.75. The average Bonchev–Trinajstić information content (AvgIpc) is 2.93. The molecule has 0 aliphatic rings. The number of nitrogens with one attached hydrogen (secondary N) is 2. The molecule has 2 N–H and O–H groups in total. The first-order valence-electron chi connectivity index (χ1n) is 12.2. The highest BCUT2D eigenvalue weighted by molar-refractivity contribution is 5.96. The van der Waals surface area contributed by atoms with Gasteiger partial charge in [0, 0.05) is 5.56 Å². The lowest BCUT2D eigenvalue weighted by atomic mass is 10.1. The van der Waals surface area contributed by atoms with Crippen LogP contribution < -0.4 is 25.0 Å². The summed E-state index contributed by atoms with van der Waals surface area (Å²) < 4.78 is 16.5. The Balaban J connectivity index is 1.51. The second-order valence-electron chi connectivity index (χ2n) is 8.37. The number of nitrogens with zero attached hydrogens (tertiary/aromatic N) is 1. The van der Waals surface area contributed by atoms with Crippen LogP contribution in [0.2, 0.25) is 0 Å². The smallest absolute Gasteiger partial charge is 0.343 e. The first-order valence-corrected chi connectivity index (χ1v) is 12.2. The maximum atomic E-state index is 12.6. The van der Waals surface area contributed by atoms with E-state index in [-0.39, 0.29) is 18.2 Å². The Morgan fingerprint density at radius 1 is 0.947 bits per heavy atom. The number of aryl methyl sites for hydroxylation is 1. The van der Waals surface area contributed by atoms with Crippen molar-refractivity contribution in [2.24, 2.45) is 5.10 Å². The summed E-state index contributed by atoms with van der Waals surface area (Å²) in [6.07, 6.45) is 3.41. The van der Waals surface area contributed by atoms with Crippen molar-refractivity contribution in [1.29, 1.82) is 0 Å². The third-order valence-electron chi connectivity index (χ3n) is 5.34. The SMILES string of the molecule is CCCCOc1ccc(C(=O)Oc2ccc(/C=N/NC(=O)CNC(=O)c3cccc(C)c3)cc2OC)cc1. The molecule has 0 heterocycles. The average molecular weight is 518 g/mol.